The van der Waals surface area contributed by atoms with Crippen LogP contribution in [0, 0.1) is 20.8 Å². The van der Waals surface area contributed by atoms with E-state index < -0.39 is 0 Å². The SMILES string of the molecule is COCc1nc(OC)c2c(C)c(C(=O)NCc3ccc(-n4nc(C)cc4C)nc3)sc2n1. The molecule has 0 aliphatic rings. The van der Waals surface area contributed by atoms with E-state index in [1.165, 1.54) is 11.3 Å². The number of ether oxygens (including phenoxy) is 2. The predicted molar refractivity (Wildman–Crippen MR) is 121 cm³/mol. The van der Waals surface area contributed by atoms with Crippen LogP contribution in [0.5, 0.6) is 5.88 Å². The summed E-state index contributed by atoms with van der Waals surface area (Å²) in [4.78, 5) is 27.5. The van der Waals surface area contributed by atoms with Gasteiger partial charge in [0.1, 0.15) is 11.4 Å². The van der Waals surface area contributed by atoms with E-state index in [-0.39, 0.29) is 12.5 Å². The monoisotopic (exact) mass is 452 g/mol. The van der Waals surface area contributed by atoms with Crippen molar-refractivity contribution >= 4 is 27.5 Å². The number of methoxy groups -OCH3 is 2. The zero-order chi connectivity index (χ0) is 22.8. The van der Waals surface area contributed by atoms with Crippen molar-refractivity contribution in [3.63, 3.8) is 0 Å². The van der Waals surface area contributed by atoms with Crippen LogP contribution in [0.4, 0.5) is 0 Å². The van der Waals surface area contributed by atoms with Gasteiger partial charge in [0.05, 0.1) is 23.1 Å². The van der Waals surface area contributed by atoms with Crippen molar-refractivity contribution in [2.45, 2.75) is 33.9 Å². The van der Waals surface area contributed by atoms with E-state index in [4.69, 9.17) is 9.47 Å². The number of rotatable bonds is 7. The molecule has 166 valence electrons. The zero-order valence-corrected chi connectivity index (χ0v) is 19.4. The summed E-state index contributed by atoms with van der Waals surface area (Å²) in [5.41, 5.74) is 3.64. The fraction of sp³-hybridized carbons (Fsp3) is 0.318. The first-order valence-electron chi connectivity index (χ1n) is 10.0. The third kappa shape index (κ3) is 4.19. The summed E-state index contributed by atoms with van der Waals surface area (Å²) >= 11 is 1.31. The third-order valence-corrected chi connectivity index (χ3v) is 6.15. The smallest absolute Gasteiger partial charge is 0.261 e. The summed E-state index contributed by atoms with van der Waals surface area (Å²) in [6, 6.07) is 5.83. The van der Waals surface area contributed by atoms with Gasteiger partial charge in [-0.15, -0.1) is 11.3 Å². The number of hydrogen-bond donors (Lipinski definition) is 1. The first kappa shape index (κ1) is 21.8. The highest BCUT2D eigenvalue weighted by atomic mass is 32.1. The van der Waals surface area contributed by atoms with Crippen molar-refractivity contribution in [1.29, 1.82) is 0 Å². The summed E-state index contributed by atoms with van der Waals surface area (Å²) < 4.78 is 12.4. The first-order valence-corrected chi connectivity index (χ1v) is 10.8. The molecule has 0 unspecified atom stereocenters. The molecular formula is C22H24N6O3S. The number of carbonyl (C=O) groups excluding carboxylic acids is 1. The molecule has 1 N–H and O–H groups in total. The minimum Gasteiger partial charge on any atom is -0.480 e. The molecule has 0 saturated heterocycles. The number of nitrogens with zero attached hydrogens (tertiary/aromatic N) is 5. The second-order valence-electron chi connectivity index (χ2n) is 7.36. The highest BCUT2D eigenvalue weighted by Gasteiger charge is 2.21. The molecule has 0 bridgehead atoms. The van der Waals surface area contributed by atoms with Crippen LogP contribution in [0.3, 0.4) is 0 Å². The average Bonchev–Trinajstić information content (AvgIpc) is 3.30. The minimum absolute atomic E-state index is 0.177. The van der Waals surface area contributed by atoms with Gasteiger partial charge in [-0.05, 0) is 44.0 Å². The molecule has 4 heterocycles. The van der Waals surface area contributed by atoms with Crippen molar-refractivity contribution in [3.05, 3.63) is 57.6 Å². The fourth-order valence-corrected chi connectivity index (χ4v) is 4.58. The lowest BCUT2D eigenvalue weighted by molar-refractivity contribution is 0.0954. The van der Waals surface area contributed by atoms with E-state index in [1.807, 2.05) is 39.0 Å². The largest absolute Gasteiger partial charge is 0.480 e. The van der Waals surface area contributed by atoms with E-state index in [1.54, 1.807) is 25.1 Å². The molecule has 0 fully saturated rings. The summed E-state index contributed by atoms with van der Waals surface area (Å²) in [5.74, 6) is 1.52. The number of pyridine rings is 1. The molecule has 0 atom stereocenters. The lowest BCUT2D eigenvalue weighted by Gasteiger charge is -2.07. The van der Waals surface area contributed by atoms with Gasteiger partial charge in [-0.25, -0.2) is 14.6 Å². The lowest BCUT2D eigenvalue weighted by Crippen LogP contribution is -2.22. The second-order valence-corrected chi connectivity index (χ2v) is 8.36. The second kappa shape index (κ2) is 9.01. The molecule has 0 saturated carbocycles. The Morgan fingerprint density at radius 1 is 1.19 bits per heavy atom. The predicted octanol–water partition coefficient (Wildman–Crippen LogP) is 3.28. The Morgan fingerprint density at radius 2 is 2.00 bits per heavy atom. The van der Waals surface area contributed by atoms with E-state index in [2.05, 4.69) is 25.4 Å². The molecule has 4 aromatic rings. The van der Waals surface area contributed by atoms with E-state index in [0.717, 1.165) is 33.7 Å². The molecule has 32 heavy (non-hydrogen) atoms. The molecule has 9 nitrogen and oxygen atoms in total. The molecule has 10 heteroatoms. The van der Waals surface area contributed by atoms with Crippen molar-refractivity contribution < 1.29 is 14.3 Å². The standard InChI is InChI=1S/C22H24N6O3S/c1-12-8-13(2)28(27-12)17-7-6-15(9-23-17)10-24-20(29)19-14(3)18-21(31-5)25-16(11-30-4)26-22(18)32-19/h6-9H,10-11H2,1-5H3,(H,24,29). The van der Waals surface area contributed by atoms with Crippen LogP contribution in [-0.4, -0.2) is 44.9 Å². The summed E-state index contributed by atoms with van der Waals surface area (Å²) in [6.45, 7) is 6.43. The topological polar surface area (TPSA) is 104 Å². The Morgan fingerprint density at radius 3 is 2.62 bits per heavy atom. The average molecular weight is 453 g/mol. The van der Waals surface area contributed by atoms with Crippen LogP contribution in [0.25, 0.3) is 16.0 Å². The van der Waals surface area contributed by atoms with Gasteiger partial charge in [-0.3, -0.25) is 4.79 Å². The number of hydrogen-bond acceptors (Lipinski definition) is 8. The maximum absolute atomic E-state index is 12.9. The van der Waals surface area contributed by atoms with Gasteiger partial charge in [0.15, 0.2) is 11.6 Å². The number of aryl methyl sites for hydroxylation is 3. The van der Waals surface area contributed by atoms with Crippen LogP contribution >= 0.6 is 11.3 Å². The van der Waals surface area contributed by atoms with Crippen molar-refractivity contribution in [2.24, 2.45) is 0 Å². The van der Waals surface area contributed by atoms with Gasteiger partial charge < -0.3 is 14.8 Å². The molecule has 1 amide bonds. The van der Waals surface area contributed by atoms with E-state index in [9.17, 15) is 4.79 Å². The molecule has 4 aromatic heterocycles. The normalized spacial score (nSPS) is 11.2. The minimum atomic E-state index is -0.177. The van der Waals surface area contributed by atoms with Gasteiger partial charge in [0, 0.05) is 25.5 Å². The Balaban J connectivity index is 1.51. The number of fused-ring (bicyclic) bond motifs is 1. The molecule has 0 aliphatic carbocycles. The van der Waals surface area contributed by atoms with Crippen LogP contribution in [0.2, 0.25) is 0 Å². The number of amides is 1. The van der Waals surface area contributed by atoms with Crippen molar-refractivity contribution in [2.75, 3.05) is 14.2 Å². The van der Waals surface area contributed by atoms with E-state index >= 15 is 0 Å². The molecular weight excluding hydrogens is 428 g/mol. The maximum Gasteiger partial charge on any atom is 0.261 e. The van der Waals surface area contributed by atoms with Crippen LogP contribution in [0.1, 0.15) is 38.0 Å². The summed E-state index contributed by atoms with van der Waals surface area (Å²) in [5, 5.41) is 8.16. The Bertz CT molecular complexity index is 1280. The zero-order valence-electron chi connectivity index (χ0n) is 18.6. The molecule has 0 radical (unpaired) electrons. The third-order valence-electron chi connectivity index (χ3n) is 4.97. The van der Waals surface area contributed by atoms with Gasteiger partial charge in [-0.2, -0.15) is 10.1 Å². The summed E-state index contributed by atoms with van der Waals surface area (Å²) in [7, 11) is 3.13. The Labute approximate surface area is 189 Å². The fourth-order valence-electron chi connectivity index (χ4n) is 3.47. The van der Waals surface area contributed by atoms with Gasteiger partial charge in [0.25, 0.3) is 5.91 Å². The molecule has 0 aliphatic heterocycles. The van der Waals surface area contributed by atoms with Gasteiger partial charge in [-0.1, -0.05) is 6.07 Å². The molecule has 4 rings (SSSR count). The number of aromatic nitrogens is 5. The maximum atomic E-state index is 12.9. The quantitative estimate of drug-likeness (QED) is 0.459. The number of carbonyl (C=O) groups is 1. The lowest BCUT2D eigenvalue weighted by atomic mass is 10.2. The molecule has 0 aromatic carbocycles. The summed E-state index contributed by atoms with van der Waals surface area (Å²) in [6.07, 6.45) is 1.75. The highest BCUT2D eigenvalue weighted by molar-refractivity contribution is 7.20. The van der Waals surface area contributed by atoms with Crippen LogP contribution in [0.15, 0.2) is 24.4 Å². The van der Waals surface area contributed by atoms with Gasteiger partial charge >= 0.3 is 0 Å². The van der Waals surface area contributed by atoms with Crippen LogP contribution < -0.4 is 10.1 Å². The van der Waals surface area contributed by atoms with Gasteiger partial charge in [0.2, 0.25) is 5.88 Å². The number of thiophene rings is 1. The van der Waals surface area contributed by atoms with Crippen LogP contribution in [-0.2, 0) is 17.9 Å². The Kier molecular flexibility index (Phi) is 6.15. The Hall–Kier alpha value is -3.37. The van der Waals surface area contributed by atoms with Crippen molar-refractivity contribution in [3.8, 4) is 11.7 Å². The number of nitrogens with one attached hydrogen (secondary N) is 1. The molecule has 0 spiro atoms. The first-order chi connectivity index (χ1) is 15.4. The van der Waals surface area contributed by atoms with E-state index in [0.29, 0.717) is 28.0 Å². The highest BCUT2D eigenvalue weighted by Crippen LogP contribution is 2.35. The van der Waals surface area contributed by atoms with Crippen molar-refractivity contribution in [1.82, 2.24) is 30.0 Å².